The van der Waals surface area contributed by atoms with Crippen molar-refractivity contribution in [1.82, 2.24) is 23.7 Å². The number of aromatic nitrogens is 5. The second-order valence-corrected chi connectivity index (χ2v) is 2.92. The van der Waals surface area contributed by atoms with Gasteiger partial charge in [-0.3, -0.25) is 4.37 Å². The molecule has 0 unspecified atom stereocenters. The Bertz CT molecular complexity index is 489. The molecule has 3 aromatic heterocycles. The van der Waals surface area contributed by atoms with Crippen molar-refractivity contribution in [3.8, 4) is 0 Å². The monoisotopic (exact) mass is 177 g/mol. The Morgan fingerprint density at radius 2 is 2.17 bits per heavy atom. The van der Waals surface area contributed by atoms with E-state index >= 15 is 0 Å². The number of rotatable bonds is 0. The lowest BCUT2D eigenvalue weighted by molar-refractivity contribution is 1.30. The third-order valence-electron chi connectivity index (χ3n) is 1.67. The fraction of sp³-hybridized carbons (Fsp3) is 0. The van der Waals surface area contributed by atoms with E-state index in [1.807, 2.05) is 0 Å². The Morgan fingerprint density at radius 1 is 1.17 bits per heavy atom. The molecule has 0 spiro atoms. The van der Waals surface area contributed by atoms with Crippen molar-refractivity contribution in [2.75, 3.05) is 0 Å². The maximum absolute atomic E-state index is 4.16. The zero-order chi connectivity index (χ0) is 7.97. The quantitative estimate of drug-likeness (QED) is 0.555. The highest BCUT2D eigenvalue weighted by atomic mass is 32.1. The molecule has 5 nitrogen and oxygen atoms in total. The molecule has 6 heteroatoms. The van der Waals surface area contributed by atoms with Crippen molar-refractivity contribution in [3.63, 3.8) is 0 Å². The van der Waals surface area contributed by atoms with Crippen molar-refractivity contribution >= 4 is 33.9 Å². The average Bonchev–Trinajstić information content (AvgIpc) is 2.71. The second kappa shape index (κ2) is 1.98. The number of pyridine rings is 1. The number of nitrogens with one attached hydrogen (secondary N) is 1. The van der Waals surface area contributed by atoms with E-state index in [0.717, 1.165) is 16.6 Å². The summed E-state index contributed by atoms with van der Waals surface area (Å²) in [6.45, 7) is 0. The lowest BCUT2D eigenvalue weighted by Gasteiger charge is -1.85. The van der Waals surface area contributed by atoms with E-state index in [4.69, 9.17) is 0 Å². The van der Waals surface area contributed by atoms with Gasteiger partial charge in [-0.1, -0.05) is 0 Å². The molecule has 3 aromatic rings. The fourth-order valence-electron chi connectivity index (χ4n) is 1.12. The van der Waals surface area contributed by atoms with Gasteiger partial charge in [-0.25, -0.2) is 15.0 Å². The SMILES string of the molecule is c1nc2ncc3[nH]snc3c2n1. The van der Waals surface area contributed by atoms with E-state index in [1.54, 1.807) is 6.20 Å². The van der Waals surface area contributed by atoms with Gasteiger partial charge in [0.15, 0.2) is 5.65 Å². The maximum atomic E-state index is 4.16. The molecule has 0 aliphatic rings. The van der Waals surface area contributed by atoms with Crippen LogP contribution in [-0.4, -0.2) is 23.7 Å². The van der Waals surface area contributed by atoms with Gasteiger partial charge in [0.25, 0.3) is 0 Å². The molecule has 3 heterocycles. The van der Waals surface area contributed by atoms with Gasteiger partial charge in [0.1, 0.15) is 17.4 Å². The summed E-state index contributed by atoms with van der Waals surface area (Å²) in [5.74, 6) is 0. The highest BCUT2D eigenvalue weighted by Gasteiger charge is 2.06. The summed E-state index contributed by atoms with van der Waals surface area (Å²) in [4.78, 5) is 12.1. The van der Waals surface area contributed by atoms with Crippen LogP contribution in [0.2, 0.25) is 0 Å². The molecule has 12 heavy (non-hydrogen) atoms. The van der Waals surface area contributed by atoms with Crippen molar-refractivity contribution in [2.45, 2.75) is 0 Å². The summed E-state index contributed by atoms with van der Waals surface area (Å²) < 4.78 is 7.16. The average molecular weight is 177 g/mol. The van der Waals surface area contributed by atoms with Crippen LogP contribution < -0.4 is 0 Å². The first kappa shape index (κ1) is 6.01. The summed E-state index contributed by atoms with van der Waals surface area (Å²) in [5, 5.41) is 0. The van der Waals surface area contributed by atoms with Crippen LogP contribution in [-0.2, 0) is 0 Å². The number of aromatic amines is 1. The minimum absolute atomic E-state index is 0.654. The number of H-pyrrole nitrogens is 1. The number of nitrogens with zero attached hydrogens (tertiary/aromatic N) is 4. The zero-order valence-corrected chi connectivity index (χ0v) is 6.67. The summed E-state index contributed by atoms with van der Waals surface area (Å²) in [6.07, 6.45) is 3.21. The third kappa shape index (κ3) is 0.620. The van der Waals surface area contributed by atoms with Crippen LogP contribution >= 0.6 is 11.7 Å². The van der Waals surface area contributed by atoms with E-state index in [0.29, 0.717) is 5.65 Å². The summed E-state index contributed by atoms with van der Waals surface area (Å²) >= 11 is 1.29. The van der Waals surface area contributed by atoms with Crippen molar-refractivity contribution in [1.29, 1.82) is 0 Å². The molecule has 0 saturated heterocycles. The van der Waals surface area contributed by atoms with E-state index in [9.17, 15) is 0 Å². The van der Waals surface area contributed by atoms with Crippen molar-refractivity contribution in [2.24, 2.45) is 0 Å². The van der Waals surface area contributed by atoms with Crippen LogP contribution in [0, 0.1) is 0 Å². The Kier molecular flexibility index (Phi) is 0.991. The Balaban J connectivity index is 2.71. The highest BCUT2D eigenvalue weighted by Crippen LogP contribution is 2.17. The number of hydrogen-bond acceptors (Lipinski definition) is 5. The molecule has 1 N–H and O–H groups in total. The van der Waals surface area contributed by atoms with Crippen LogP contribution in [0.25, 0.3) is 22.2 Å². The van der Waals surface area contributed by atoms with E-state index in [-0.39, 0.29) is 0 Å². The fourth-order valence-corrected chi connectivity index (χ4v) is 1.69. The van der Waals surface area contributed by atoms with Crippen LogP contribution in [0.5, 0.6) is 0 Å². The highest BCUT2D eigenvalue weighted by molar-refractivity contribution is 7.00. The largest absolute Gasteiger partial charge is 0.292 e. The van der Waals surface area contributed by atoms with Gasteiger partial charge in [0.2, 0.25) is 0 Å². The lowest BCUT2D eigenvalue weighted by atomic mass is 10.4. The van der Waals surface area contributed by atoms with Gasteiger partial charge in [-0.05, 0) is 0 Å². The molecule has 3 rings (SSSR count). The maximum Gasteiger partial charge on any atom is 0.182 e. The third-order valence-corrected chi connectivity index (χ3v) is 2.25. The molecule has 0 radical (unpaired) electrons. The van der Waals surface area contributed by atoms with E-state index in [1.165, 1.54) is 18.1 Å². The molecule has 0 fully saturated rings. The Labute approximate surface area is 70.8 Å². The Hall–Kier alpha value is -1.56. The molecule has 0 aromatic carbocycles. The number of imidazole rings is 1. The topological polar surface area (TPSA) is 67.3 Å². The second-order valence-electron chi connectivity index (χ2n) is 2.35. The molecular weight excluding hydrogens is 174 g/mol. The first-order valence-electron chi connectivity index (χ1n) is 3.34. The molecule has 0 bridgehead atoms. The molecule has 0 aliphatic heterocycles. The lowest BCUT2D eigenvalue weighted by Crippen LogP contribution is -1.78. The standard InChI is InChI=1S/C6H3N5S/c1-3-4(11-12-10-3)5-6(7-1)9-2-8-5/h1-2,10H. The van der Waals surface area contributed by atoms with Crippen molar-refractivity contribution in [3.05, 3.63) is 12.5 Å². The van der Waals surface area contributed by atoms with Gasteiger partial charge >= 0.3 is 0 Å². The normalized spacial score (nSPS) is 11.3. The van der Waals surface area contributed by atoms with Gasteiger partial charge in [0.05, 0.1) is 11.7 Å². The van der Waals surface area contributed by atoms with Gasteiger partial charge in [0, 0.05) is 11.7 Å². The van der Waals surface area contributed by atoms with Crippen LogP contribution in [0.15, 0.2) is 12.5 Å². The van der Waals surface area contributed by atoms with E-state index < -0.39 is 0 Å². The molecular formula is C6H3N5S. The van der Waals surface area contributed by atoms with E-state index in [2.05, 4.69) is 23.7 Å². The zero-order valence-electron chi connectivity index (χ0n) is 5.85. The van der Waals surface area contributed by atoms with Gasteiger partial charge in [-0.15, -0.1) is 0 Å². The summed E-state index contributed by atoms with van der Waals surface area (Å²) in [7, 11) is 0. The molecule has 0 saturated carbocycles. The smallest absolute Gasteiger partial charge is 0.182 e. The Morgan fingerprint density at radius 3 is 3.17 bits per heavy atom. The van der Waals surface area contributed by atoms with Crippen LogP contribution in [0.1, 0.15) is 0 Å². The van der Waals surface area contributed by atoms with Gasteiger partial charge in [-0.2, -0.15) is 4.37 Å². The van der Waals surface area contributed by atoms with Gasteiger partial charge < -0.3 is 0 Å². The molecule has 0 aliphatic carbocycles. The molecule has 58 valence electrons. The minimum atomic E-state index is 0.654. The van der Waals surface area contributed by atoms with Crippen LogP contribution in [0.3, 0.4) is 0 Å². The first-order valence-corrected chi connectivity index (χ1v) is 4.12. The van der Waals surface area contributed by atoms with Crippen LogP contribution in [0.4, 0.5) is 0 Å². The number of fused-ring (bicyclic) bond motifs is 3. The van der Waals surface area contributed by atoms with Crippen molar-refractivity contribution < 1.29 is 0 Å². The molecule has 0 atom stereocenters. The summed E-state index contributed by atoms with van der Waals surface area (Å²) in [5.41, 5.74) is 3.18. The summed E-state index contributed by atoms with van der Waals surface area (Å²) in [6, 6.07) is 0. The number of hydrogen-bond donors (Lipinski definition) is 1. The molecule has 0 amide bonds. The predicted molar refractivity (Wildman–Crippen MR) is 44.9 cm³/mol. The predicted octanol–water partition coefficient (Wildman–Crippen LogP) is 0.963. The minimum Gasteiger partial charge on any atom is -0.292 e. The first-order chi connectivity index (χ1) is 5.95.